The van der Waals surface area contributed by atoms with Crippen molar-refractivity contribution < 1.29 is 64.3 Å². The van der Waals surface area contributed by atoms with E-state index in [1.165, 1.54) is 5.56 Å². The number of halogens is 3. The SMILES string of the molecule is C=C(CN1CCC(Cc2ccccc2)CC1)[B-](F)(F)F.[K+]. The second kappa shape index (κ2) is 8.89. The number of hydrogen-bond donors (Lipinski definition) is 0. The van der Waals surface area contributed by atoms with Gasteiger partial charge in [0.1, 0.15) is 0 Å². The average Bonchev–Trinajstić information content (AvgIpc) is 2.41. The zero-order valence-corrected chi connectivity index (χ0v) is 15.7. The summed E-state index contributed by atoms with van der Waals surface area (Å²) in [7, 11) is 0. The maximum absolute atomic E-state index is 12.5. The number of piperidine rings is 1. The van der Waals surface area contributed by atoms with Crippen molar-refractivity contribution in [1.29, 1.82) is 0 Å². The Hall–Kier alpha value is 0.411. The Balaban J connectivity index is 0.00000220. The van der Waals surface area contributed by atoms with Gasteiger partial charge in [0.05, 0.1) is 0 Å². The molecule has 1 aliphatic rings. The molecule has 0 saturated carbocycles. The van der Waals surface area contributed by atoms with Gasteiger partial charge in [0.15, 0.2) is 0 Å². The summed E-state index contributed by atoms with van der Waals surface area (Å²) in [4.78, 5) is 1.87. The predicted molar refractivity (Wildman–Crippen MR) is 77.5 cm³/mol. The second-order valence-electron chi connectivity index (χ2n) is 5.64. The zero-order chi connectivity index (χ0) is 14.6. The number of nitrogens with zero attached hydrogens (tertiary/aromatic N) is 1. The maximum Gasteiger partial charge on any atom is 1.00 e. The molecule has 1 aromatic carbocycles. The Kier molecular flexibility index (Phi) is 8.24. The van der Waals surface area contributed by atoms with Crippen LogP contribution >= 0.6 is 0 Å². The average molecular weight is 321 g/mol. The first-order valence-electron chi connectivity index (χ1n) is 7.09. The third kappa shape index (κ3) is 6.59. The summed E-state index contributed by atoms with van der Waals surface area (Å²) in [6.45, 7) is -0.272. The molecule has 2 rings (SSSR count). The summed E-state index contributed by atoms with van der Waals surface area (Å²) in [5, 5.41) is 0. The molecule has 6 heteroatoms. The fraction of sp³-hybridized carbons (Fsp3) is 0.467. The van der Waals surface area contributed by atoms with E-state index >= 15 is 0 Å². The first-order chi connectivity index (χ1) is 9.45. The predicted octanol–water partition coefficient (Wildman–Crippen LogP) is 0.888. The molecule has 0 unspecified atom stereocenters. The molecule has 110 valence electrons. The molecular weight excluding hydrogens is 301 g/mol. The Morgan fingerprint density at radius 3 is 2.24 bits per heavy atom. The van der Waals surface area contributed by atoms with Crippen LogP contribution in [-0.2, 0) is 6.42 Å². The molecule has 1 aliphatic heterocycles. The summed E-state index contributed by atoms with van der Waals surface area (Å²) >= 11 is 0. The minimum absolute atomic E-state index is 0. The topological polar surface area (TPSA) is 3.24 Å². The van der Waals surface area contributed by atoms with E-state index in [2.05, 4.69) is 18.7 Å². The molecule has 21 heavy (non-hydrogen) atoms. The number of likely N-dealkylation sites (tertiary alicyclic amines) is 1. The molecule has 0 spiro atoms. The van der Waals surface area contributed by atoms with E-state index in [-0.39, 0.29) is 57.9 Å². The molecule has 0 amide bonds. The van der Waals surface area contributed by atoms with Crippen molar-refractivity contribution in [2.45, 2.75) is 19.3 Å². The van der Waals surface area contributed by atoms with Gasteiger partial charge in [-0.25, -0.2) is 0 Å². The van der Waals surface area contributed by atoms with Gasteiger partial charge in [0.2, 0.25) is 0 Å². The van der Waals surface area contributed by atoms with Gasteiger partial charge in [-0.05, 0) is 50.4 Å². The molecule has 0 aromatic heterocycles. The Labute approximate surface area is 167 Å². The van der Waals surface area contributed by atoms with Crippen molar-refractivity contribution >= 4 is 6.98 Å². The smallest absolute Gasteiger partial charge is 0.445 e. The van der Waals surface area contributed by atoms with E-state index in [0.29, 0.717) is 5.92 Å². The molecule has 1 fully saturated rings. The van der Waals surface area contributed by atoms with Gasteiger partial charge < -0.3 is 17.8 Å². The molecule has 0 aliphatic carbocycles. The number of benzene rings is 1. The van der Waals surface area contributed by atoms with Gasteiger partial charge >= 0.3 is 58.4 Å². The van der Waals surface area contributed by atoms with Crippen molar-refractivity contribution in [1.82, 2.24) is 4.90 Å². The monoisotopic (exact) mass is 321 g/mol. The van der Waals surface area contributed by atoms with Crippen LogP contribution in [0.5, 0.6) is 0 Å². The van der Waals surface area contributed by atoms with Crippen LogP contribution in [0.15, 0.2) is 42.4 Å². The standard InChI is InChI=1S/C15H20BF3N.K/c1-13(16(17,18)19)12-20-9-7-15(8-10-20)11-14-5-3-2-4-6-14;/h2-6,15H,1,7-12H2;/q-1;+1. The molecule has 1 nitrogen and oxygen atoms in total. The summed E-state index contributed by atoms with van der Waals surface area (Å²) in [5.41, 5.74) is 0.737. The molecular formula is C15H20BF3KN. The van der Waals surface area contributed by atoms with Crippen LogP contribution in [0.4, 0.5) is 12.9 Å². The molecule has 1 aromatic rings. The van der Waals surface area contributed by atoms with Crippen molar-refractivity contribution in [2.24, 2.45) is 5.92 Å². The first kappa shape index (κ1) is 19.5. The van der Waals surface area contributed by atoms with Crippen LogP contribution < -0.4 is 51.4 Å². The minimum atomic E-state index is -4.89. The van der Waals surface area contributed by atoms with Crippen LogP contribution in [0.25, 0.3) is 0 Å². The molecule has 1 saturated heterocycles. The largest absolute Gasteiger partial charge is 1.00 e. The molecule has 0 radical (unpaired) electrons. The quantitative estimate of drug-likeness (QED) is 0.728. The van der Waals surface area contributed by atoms with Crippen LogP contribution in [0, 0.1) is 5.92 Å². The second-order valence-corrected chi connectivity index (χ2v) is 5.64. The van der Waals surface area contributed by atoms with Crippen LogP contribution in [-0.4, -0.2) is 31.5 Å². The molecule has 1 heterocycles. The Morgan fingerprint density at radius 1 is 1.14 bits per heavy atom. The van der Waals surface area contributed by atoms with E-state index in [4.69, 9.17) is 0 Å². The van der Waals surface area contributed by atoms with E-state index in [1.54, 1.807) is 0 Å². The van der Waals surface area contributed by atoms with E-state index in [9.17, 15) is 12.9 Å². The number of hydrogen-bond acceptors (Lipinski definition) is 1. The fourth-order valence-corrected chi connectivity index (χ4v) is 2.69. The van der Waals surface area contributed by atoms with Gasteiger partial charge in [-0.15, -0.1) is 12.1 Å². The van der Waals surface area contributed by atoms with E-state index in [0.717, 1.165) is 32.4 Å². The molecule has 0 N–H and O–H groups in total. The maximum atomic E-state index is 12.5. The first-order valence-corrected chi connectivity index (χ1v) is 7.09. The summed E-state index contributed by atoms with van der Waals surface area (Å²) in [5.74, 6) is 0.582. The van der Waals surface area contributed by atoms with E-state index < -0.39 is 12.4 Å². The zero-order valence-electron chi connectivity index (χ0n) is 12.6. The van der Waals surface area contributed by atoms with Gasteiger partial charge in [0, 0.05) is 0 Å². The Bertz CT molecular complexity index is 442. The van der Waals surface area contributed by atoms with Gasteiger partial charge in [-0.2, -0.15) is 0 Å². The van der Waals surface area contributed by atoms with Gasteiger partial charge in [-0.1, -0.05) is 30.3 Å². The Morgan fingerprint density at radius 2 is 1.71 bits per heavy atom. The summed E-state index contributed by atoms with van der Waals surface area (Å²) in [6, 6.07) is 10.3. The summed E-state index contributed by atoms with van der Waals surface area (Å²) in [6.07, 6.45) is 2.96. The van der Waals surface area contributed by atoms with Crippen LogP contribution in [0.1, 0.15) is 18.4 Å². The number of rotatable bonds is 5. The normalized spacial score (nSPS) is 17.3. The fourth-order valence-electron chi connectivity index (χ4n) is 2.69. The van der Waals surface area contributed by atoms with E-state index in [1.807, 2.05) is 23.1 Å². The minimum Gasteiger partial charge on any atom is -0.445 e. The van der Waals surface area contributed by atoms with Crippen LogP contribution in [0.2, 0.25) is 0 Å². The van der Waals surface area contributed by atoms with Crippen molar-refractivity contribution in [3.8, 4) is 0 Å². The molecule has 0 atom stereocenters. The third-order valence-electron chi connectivity index (χ3n) is 3.96. The third-order valence-corrected chi connectivity index (χ3v) is 3.96. The van der Waals surface area contributed by atoms with Gasteiger partial charge in [0.25, 0.3) is 0 Å². The molecule has 0 bridgehead atoms. The summed E-state index contributed by atoms with van der Waals surface area (Å²) < 4.78 is 37.5. The van der Waals surface area contributed by atoms with Gasteiger partial charge in [-0.3, -0.25) is 0 Å². The van der Waals surface area contributed by atoms with Crippen molar-refractivity contribution in [2.75, 3.05) is 19.6 Å². The van der Waals surface area contributed by atoms with Crippen LogP contribution in [0.3, 0.4) is 0 Å². The van der Waals surface area contributed by atoms with Crippen molar-refractivity contribution in [3.63, 3.8) is 0 Å². The van der Waals surface area contributed by atoms with Crippen molar-refractivity contribution in [3.05, 3.63) is 47.9 Å².